The Balaban J connectivity index is 1.68. The molecule has 0 radical (unpaired) electrons. The molecule has 4 N–H and O–H groups in total. The highest BCUT2D eigenvalue weighted by atomic mass is 16.5. The number of hydrazone groups is 1. The van der Waals surface area contributed by atoms with E-state index in [1.807, 2.05) is 26.8 Å². The molecule has 0 spiro atoms. The Morgan fingerprint density at radius 1 is 1.00 bits per heavy atom. The van der Waals surface area contributed by atoms with Crippen molar-refractivity contribution in [3.63, 3.8) is 0 Å². The van der Waals surface area contributed by atoms with E-state index in [4.69, 9.17) is 23.7 Å². The number of rotatable bonds is 14. The largest absolute Gasteiger partial charge is 0.490 e. The van der Waals surface area contributed by atoms with Crippen molar-refractivity contribution in [2.45, 2.75) is 40.0 Å². The number of hydrogen-bond acceptors (Lipinski definition) is 10. The van der Waals surface area contributed by atoms with Crippen molar-refractivity contribution in [1.29, 1.82) is 0 Å². The molecule has 0 saturated carbocycles. The molecule has 3 rings (SSSR count). The predicted molar refractivity (Wildman–Crippen MR) is 148 cm³/mol. The minimum Gasteiger partial charge on any atom is -0.490 e. The standard InChI is InChI=1S/C28H36N4O8/c1-6-37-20-11-9-18(13-22(20)38-7-2)15-29-32-24(33)16-40-21-12-10-19(14-23(21)39-8-3)26-25(27(34)36-5)17(4)30-28(35)31-26/h9-15,24,26,32-33H,6-8,16H2,1-5H3,(H2,30,31,35)/b29-15-/t24-,26+/m0/s1. The molecule has 2 amide bonds. The van der Waals surface area contributed by atoms with Crippen LogP contribution in [-0.2, 0) is 9.53 Å². The summed E-state index contributed by atoms with van der Waals surface area (Å²) in [7, 11) is 1.28. The molecule has 0 bridgehead atoms. The first-order chi connectivity index (χ1) is 19.3. The lowest BCUT2D eigenvalue weighted by Gasteiger charge is -2.28. The van der Waals surface area contributed by atoms with Gasteiger partial charge >= 0.3 is 12.0 Å². The van der Waals surface area contributed by atoms with Crippen molar-refractivity contribution in [2.75, 3.05) is 33.5 Å². The fourth-order valence-electron chi connectivity index (χ4n) is 3.97. The number of carbonyl (C=O) groups is 2. The van der Waals surface area contributed by atoms with Gasteiger partial charge in [-0.3, -0.25) is 5.43 Å². The lowest BCUT2D eigenvalue weighted by atomic mass is 9.95. The lowest BCUT2D eigenvalue weighted by Crippen LogP contribution is -2.45. The molecule has 12 nitrogen and oxygen atoms in total. The molecule has 1 aliphatic rings. The van der Waals surface area contributed by atoms with Crippen LogP contribution in [0.5, 0.6) is 23.0 Å². The van der Waals surface area contributed by atoms with Crippen LogP contribution in [0, 0.1) is 0 Å². The Hall–Kier alpha value is -4.45. The average Bonchev–Trinajstić information content (AvgIpc) is 2.93. The van der Waals surface area contributed by atoms with Gasteiger partial charge in [0.2, 0.25) is 0 Å². The van der Waals surface area contributed by atoms with Crippen molar-refractivity contribution in [1.82, 2.24) is 16.1 Å². The van der Waals surface area contributed by atoms with E-state index in [1.54, 1.807) is 43.5 Å². The highest BCUT2D eigenvalue weighted by Gasteiger charge is 2.32. The Morgan fingerprint density at radius 3 is 2.30 bits per heavy atom. The first-order valence-electron chi connectivity index (χ1n) is 12.9. The highest BCUT2D eigenvalue weighted by molar-refractivity contribution is 5.95. The van der Waals surface area contributed by atoms with E-state index in [-0.39, 0.29) is 12.2 Å². The molecule has 0 unspecified atom stereocenters. The number of benzene rings is 2. The van der Waals surface area contributed by atoms with Gasteiger partial charge in [-0.15, -0.1) is 0 Å². The van der Waals surface area contributed by atoms with Crippen LogP contribution in [0.4, 0.5) is 4.79 Å². The van der Waals surface area contributed by atoms with Gasteiger partial charge in [-0.1, -0.05) is 6.07 Å². The molecule has 40 heavy (non-hydrogen) atoms. The van der Waals surface area contributed by atoms with E-state index in [1.165, 1.54) is 7.11 Å². The number of nitrogens with zero attached hydrogens (tertiary/aromatic N) is 1. The maximum atomic E-state index is 12.4. The summed E-state index contributed by atoms with van der Waals surface area (Å²) in [5, 5.41) is 19.8. The number of amides is 2. The summed E-state index contributed by atoms with van der Waals surface area (Å²) in [6, 6.07) is 9.24. The van der Waals surface area contributed by atoms with E-state index in [0.29, 0.717) is 54.1 Å². The summed E-state index contributed by atoms with van der Waals surface area (Å²) >= 11 is 0. The SMILES string of the molecule is CCOc1ccc(/C=N\N[C@@H](O)COc2ccc([C@H]3NC(=O)NC(C)=C3C(=O)OC)cc2OCC)cc1OCC. The molecule has 0 aromatic heterocycles. The van der Waals surface area contributed by atoms with Crippen LogP contribution in [-0.4, -0.2) is 63.1 Å². The van der Waals surface area contributed by atoms with Gasteiger partial charge in [0.1, 0.15) is 6.61 Å². The third-order valence-electron chi connectivity index (χ3n) is 5.68. The Morgan fingerprint density at radius 2 is 1.62 bits per heavy atom. The zero-order valence-corrected chi connectivity index (χ0v) is 23.3. The summed E-state index contributed by atoms with van der Waals surface area (Å²) in [5.74, 6) is 1.43. The molecule has 216 valence electrons. The van der Waals surface area contributed by atoms with Gasteiger partial charge in [0.25, 0.3) is 0 Å². The van der Waals surface area contributed by atoms with Crippen LogP contribution in [0.3, 0.4) is 0 Å². The Bertz CT molecular complexity index is 1250. The molecule has 0 saturated heterocycles. The fourth-order valence-corrected chi connectivity index (χ4v) is 3.97. The van der Waals surface area contributed by atoms with Crippen molar-refractivity contribution in [2.24, 2.45) is 5.10 Å². The molecule has 2 aromatic carbocycles. The molecule has 2 atom stereocenters. The van der Waals surface area contributed by atoms with E-state index >= 15 is 0 Å². The minimum atomic E-state index is -1.13. The molecular formula is C28H36N4O8. The van der Waals surface area contributed by atoms with Crippen LogP contribution in [0.2, 0.25) is 0 Å². The van der Waals surface area contributed by atoms with Crippen molar-refractivity contribution in [3.05, 3.63) is 58.8 Å². The number of ether oxygens (including phenoxy) is 5. The van der Waals surface area contributed by atoms with Gasteiger partial charge in [-0.2, -0.15) is 5.10 Å². The Kier molecular flexibility index (Phi) is 11.0. The minimum absolute atomic E-state index is 0.138. The van der Waals surface area contributed by atoms with Crippen LogP contribution in [0.15, 0.2) is 52.8 Å². The number of nitrogens with one attached hydrogen (secondary N) is 3. The second kappa shape index (κ2) is 14.6. The smallest absolute Gasteiger partial charge is 0.337 e. The molecule has 2 aromatic rings. The van der Waals surface area contributed by atoms with E-state index in [0.717, 1.165) is 5.56 Å². The summed E-state index contributed by atoms with van der Waals surface area (Å²) in [4.78, 5) is 24.5. The predicted octanol–water partition coefficient (Wildman–Crippen LogP) is 3.00. The molecule has 1 aliphatic heterocycles. The topological polar surface area (TPSA) is 149 Å². The van der Waals surface area contributed by atoms with Gasteiger partial charge in [-0.05, 0) is 69.2 Å². The molecule has 1 heterocycles. The van der Waals surface area contributed by atoms with Crippen LogP contribution < -0.4 is 35.0 Å². The normalized spacial score (nSPS) is 15.7. The number of hydrogen-bond donors (Lipinski definition) is 4. The second-order valence-corrected chi connectivity index (χ2v) is 8.49. The first-order valence-corrected chi connectivity index (χ1v) is 12.9. The summed E-state index contributed by atoms with van der Waals surface area (Å²) in [5.41, 5.74) is 4.63. The number of allylic oxidation sites excluding steroid dienone is 1. The highest BCUT2D eigenvalue weighted by Crippen LogP contribution is 2.35. The van der Waals surface area contributed by atoms with Gasteiger partial charge < -0.3 is 39.4 Å². The van der Waals surface area contributed by atoms with Crippen molar-refractivity contribution < 1.29 is 38.4 Å². The maximum Gasteiger partial charge on any atom is 0.337 e. The third kappa shape index (κ3) is 7.79. The average molecular weight is 557 g/mol. The van der Waals surface area contributed by atoms with Crippen molar-refractivity contribution in [3.8, 4) is 23.0 Å². The lowest BCUT2D eigenvalue weighted by molar-refractivity contribution is -0.136. The Labute approximate surface area is 233 Å². The van der Waals surface area contributed by atoms with Gasteiger partial charge in [0.15, 0.2) is 29.2 Å². The number of urea groups is 1. The monoisotopic (exact) mass is 556 g/mol. The second-order valence-electron chi connectivity index (χ2n) is 8.49. The number of aliphatic hydroxyl groups is 1. The molecule has 0 aliphatic carbocycles. The summed E-state index contributed by atoms with van der Waals surface area (Å²) in [6.07, 6.45) is 0.420. The van der Waals surface area contributed by atoms with E-state index in [2.05, 4.69) is 21.2 Å². The number of carbonyl (C=O) groups excluding carboxylic acids is 2. The summed E-state index contributed by atoms with van der Waals surface area (Å²) < 4.78 is 27.6. The van der Waals surface area contributed by atoms with Gasteiger partial charge in [0.05, 0.1) is 44.8 Å². The zero-order valence-electron chi connectivity index (χ0n) is 23.3. The zero-order chi connectivity index (χ0) is 29.1. The van der Waals surface area contributed by atoms with Crippen LogP contribution in [0.1, 0.15) is 44.9 Å². The van der Waals surface area contributed by atoms with E-state index < -0.39 is 24.3 Å². The number of methoxy groups -OCH3 is 1. The van der Waals surface area contributed by atoms with Crippen molar-refractivity contribution >= 4 is 18.2 Å². The first kappa shape index (κ1) is 30.1. The molecule has 12 heteroatoms. The number of esters is 1. The molecule has 0 fully saturated rings. The van der Waals surface area contributed by atoms with E-state index in [9.17, 15) is 14.7 Å². The summed E-state index contributed by atoms with van der Waals surface area (Å²) in [6.45, 7) is 8.46. The molecular weight excluding hydrogens is 520 g/mol. The number of aliphatic hydroxyl groups excluding tert-OH is 1. The maximum absolute atomic E-state index is 12.4. The third-order valence-corrected chi connectivity index (χ3v) is 5.68. The van der Waals surface area contributed by atoms with Crippen LogP contribution >= 0.6 is 0 Å². The van der Waals surface area contributed by atoms with Gasteiger partial charge in [-0.25, -0.2) is 9.59 Å². The van der Waals surface area contributed by atoms with Crippen LogP contribution in [0.25, 0.3) is 0 Å². The fraction of sp³-hybridized carbons (Fsp3) is 0.393. The quantitative estimate of drug-likeness (QED) is 0.119. The van der Waals surface area contributed by atoms with Gasteiger partial charge in [0, 0.05) is 5.70 Å².